The highest BCUT2D eigenvalue weighted by molar-refractivity contribution is 5.74. The summed E-state index contributed by atoms with van der Waals surface area (Å²) >= 11 is 0. The van der Waals surface area contributed by atoms with Gasteiger partial charge in [0.1, 0.15) is 0 Å². The van der Waals surface area contributed by atoms with Crippen LogP contribution in [0.3, 0.4) is 0 Å². The van der Waals surface area contributed by atoms with Gasteiger partial charge < -0.3 is 14.6 Å². The Morgan fingerprint density at radius 3 is 2.67 bits per heavy atom. The van der Waals surface area contributed by atoms with Crippen molar-refractivity contribution in [1.29, 1.82) is 0 Å². The first-order valence-electron chi connectivity index (χ1n) is 4.96. The summed E-state index contributed by atoms with van der Waals surface area (Å²) in [5.74, 6) is -0.968. The van der Waals surface area contributed by atoms with Gasteiger partial charge in [0, 0.05) is 6.92 Å². The van der Waals surface area contributed by atoms with Crippen LogP contribution in [0.5, 0.6) is 0 Å². The lowest BCUT2D eigenvalue weighted by molar-refractivity contribution is -0.158. The van der Waals surface area contributed by atoms with Gasteiger partial charge in [-0.2, -0.15) is 0 Å². The van der Waals surface area contributed by atoms with Crippen molar-refractivity contribution in [2.75, 3.05) is 0 Å². The van der Waals surface area contributed by atoms with Crippen LogP contribution in [0.1, 0.15) is 27.2 Å². The summed E-state index contributed by atoms with van der Waals surface area (Å²) in [6, 6.07) is 0. The van der Waals surface area contributed by atoms with Gasteiger partial charge in [-0.25, -0.2) is 0 Å². The first-order chi connectivity index (χ1) is 6.91. The Balaban J connectivity index is 2.68. The molecule has 1 aliphatic heterocycles. The molecule has 0 bridgehead atoms. The van der Waals surface area contributed by atoms with E-state index in [2.05, 4.69) is 0 Å². The molecule has 0 aromatic carbocycles. The molecule has 1 saturated heterocycles. The largest absolute Gasteiger partial charge is 0.458 e. The van der Waals surface area contributed by atoms with Crippen molar-refractivity contribution in [3.8, 4) is 0 Å². The van der Waals surface area contributed by atoms with E-state index >= 15 is 0 Å². The first-order valence-corrected chi connectivity index (χ1v) is 4.96. The lowest BCUT2D eigenvalue weighted by atomic mass is 9.98. The number of hydrogen-bond acceptors (Lipinski definition) is 5. The maximum atomic E-state index is 11.0. The molecule has 1 N–H and O–H groups in total. The molecular formula is C10H16O5. The van der Waals surface area contributed by atoms with Gasteiger partial charge in [0.05, 0.1) is 12.5 Å². The number of cyclic esters (lactones) is 1. The third-order valence-corrected chi connectivity index (χ3v) is 2.34. The Hall–Kier alpha value is -1.10. The highest BCUT2D eigenvalue weighted by atomic mass is 16.6. The Kier molecular flexibility index (Phi) is 3.68. The van der Waals surface area contributed by atoms with Crippen LogP contribution in [0.4, 0.5) is 0 Å². The molecule has 86 valence electrons. The number of carbonyl (C=O) groups is 2. The molecule has 0 spiro atoms. The second-order valence-corrected chi connectivity index (χ2v) is 4.04. The van der Waals surface area contributed by atoms with E-state index in [9.17, 15) is 14.7 Å². The van der Waals surface area contributed by atoms with E-state index in [1.807, 2.05) is 13.8 Å². The minimum Gasteiger partial charge on any atom is -0.458 e. The highest BCUT2D eigenvalue weighted by Gasteiger charge is 2.42. The van der Waals surface area contributed by atoms with Crippen LogP contribution < -0.4 is 0 Å². The minimum atomic E-state index is -0.805. The summed E-state index contributed by atoms with van der Waals surface area (Å²) in [6.45, 7) is 4.88. The van der Waals surface area contributed by atoms with Crippen molar-refractivity contribution in [2.45, 2.75) is 45.5 Å². The molecule has 15 heavy (non-hydrogen) atoms. The number of carbonyl (C=O) groups excluding carboxylic acids is 2. The van der Waals surface area contributed by atoms with Gasteiger partial charge in [0.2, 0.25) is 0 Å². The standard InChI is InChI=1S/C10H16O5/c1-5(2)9(13)10-7(14-6(3)11)4-8(12)15-10/h5,7,9-10,13H,4H2,1-3H3/t7-,9+,10+/m1/s1. The molecule has 1 rings (SSSR count). The zero-order valence-corrected chi connectivity index (χ0v) is 9.10. The van der Waals surface area contributed by atoms with Crippen molar-refractivity contribution in [2.24, 2.45) is 5.92 Å². The number of rotatable bonds is 3. The minimum absolute atomic E-state index is 0.0219. The van der Waals surface area contributed by atoms with E-state index in [1.54, 1.807) is 0 Å². The van der Waals surface area contributed by atoms with Crippen molar-refractivity contribution < 1.29 is 24.2 Å². The van der Waals surface area contributed by atoms with Crippen molar-refractivity contribution in [1.82, 2.24) is 0 Å². The predicted molar refractivity (Wildman–Crippen MR) is 50.9 cm³/mol. The summed E-state index contributed by atoms with van der Waals surface area (Å²) in [7, 11) is 0. The van der Waals surface area contributed by atoms with Crippen molar-refractivity contribution in [3.05, 3.63) is 0 Å². The molecular weight excluding hydrogens is 200 g/mol. The number of aliphatic hydroxyl groups excluding tert-OH is 1. The zero-order valence-electron chi connectivity index (χ0n) is 9.10. The summed E-state index contributed by atoms with van der Waals surface area (Å²) in [5, 5.41) is 9.76. The fourth-order valence-electron chi connectivity index (χ4n) is 1.55. The van der Waals surface area contributed by atoms with Gasteiger partial charge in [-0.1, -0.05) is 13.8 Å². The normalized spacial score (nSPS) is 27.7. The van der Waals surface area contributed by atoms with Gasteiger partial charge in [0.25, 0.3) is 0 Å². The summed E-state index contributed by atoms with van der Waals surface area (Å²) in [4.78, 5) is 21.8. The molecule has 1 aliphatic rings. The predicted octanol–water partition coefficient (Wildman–Crippen LogP) is 0.250. The molecule has 0 unspecified atom stereocenters. The van der Waals surface area contributed by atoms with E-state index in [0.717, 1.165) is 0 Å². The first kappa shape index (κ1) is 12.0. The highest BCUT2D eigenvalue weighted by Crippen LogP contribution is 2.24. The SMILES string of the molecule is CC(=O)O[C@@H]1CC(=O)O[C@@H]1[C@@H](O)C(C)C. The molecule has 0 amide bonds. The van der Waals surface area contributed by atoms with E-state index in [4.69, 9.17) is 9.47 Å². The van der Waals surface area contributed by atoms with Crippen LogP contribution >= 0.6 is 0 Å². The fraction of sp³-hybridized carbons (Fsp3) is 0.800. The van der Waals surface area contributed by atoms with Crippen LogP contribution in [-0.2, 0) is 19.1 Å². The van der Waals surface area contributed by atoms with Gasteiger partial charge in [0.15, 0.2) is 12.2 Å². The van der Waals surface area contributed by atoms with E-state index < -0.39 is 30.3 Å². The van der Waals surface area contributed by atoms with E-state index in [0.29, 0.717) is 0 Å². The molecule has 0 radical (unpaired) electrons. The summed E-state index contributed by atoms with van der Waals surface area (Å²) < 4.78 is 9.85. The molecule has 5 heteroatoms. The Morgan fingerprint density at radius 1 is 1.60 bits per heavy atom. The van der Waals surface area contributed by atoms with Crippen LogP contribution in [0.15, 0.2) is 0 Å². The molecule has 0 aromatic rings. The zero-order chi connectivity index (χ0) is 11.6. The smallest absolute Gasteiger partial charge is 0.310 e. The number of esters is 2. The quantitative estimate of drug-likeness (QED) is 0.684. The van der Waals surface area contributed by atoms with Gasteiger partial charge in [-0.05, 0) is 5.92 Å². The van der Waals surface area contributed by atoms with Gasteiger partial charge in [-0.15, -0.1) is 0 Å². The average Bonchev–Trinajstić information content (AvgIpc) is 2.44. The summed E-state index contributed by atoms with van der Waals surface area (Å²) in [5.41, 5.74) is 0. The number of hydrogen-bond donors (Lipinski definition) is 1. The molecule has 5 nitrogen and oxygen atoms in total. The monoisotopic (exact) mass is 216 g/mol. The Bertz CT molecular complexity index is 261. The van der Waals surface area contributed by atoms with Crippen LogP contribution in [0.2, 0.25) is 0 Å². The Labute approximate surface area is 88.4 Å². The van der Waals surface area contributed by atoms with Crippen molar-refractivity contribution >= 4 is 11.9 Å². The maximum absolute atomic E-state index is 11.0. The molecule has 0 aromatic heterocycles. The molecule has 3 atom stereocenters. The third kappa shape index (κ3) is 2.92. The van der Waals surface area contributed by atoms with Gasteiger partial charge in [-0.3, -0.25) is 9.59 Å². The number of ether oxygens (including phenoxy) is 2. The van der Waals surface area contributed by atoms with Crippen molar-refractivity contribution in [3.63, 3.8) is 0 Å². The fourth-order valence-corrected chi connectivity index (χ4v) is 1.55. The van der Waals surface area contributed by atoms with Crippen LogP contribution in [-0.4, -0.2) is 35.4 Å². The summed E-state index contributed by atoms with van der Waals surface area (Å²) in [6.07, 6.45) is -2.18. The molecule has 1 heterocycles. The molecule has 1 fully saturated rings. The number of aliphatic hydroxyl groups is 1. The third-order valence-electron chi connectivity index (χ3n) is 2.34. The average molecular weight is 216 g/mol. The molecule has 0 aliphatic carbocycles. The topological polar surface area (TPSA) is 72.8 Å². The maximum Gasteiger partial charge on any atom is 0.310 e. The van der Waals surface area contributed by atoms with Crippen LogP contribution in [0, 0.1) is 5.92 Å². The second kappa shape index (κ2) is 4.61. The Morgan fingerprint density at radius 2 is 2.20 bits per heavy atom. The lowest BCUT2D eigenvalue weighted by Gasteiger charge is -2.24. The van der Waals surface area contributed by atoms with Crippen LogP contribution in [0.25, 0.3) is 0 Å². The second-order valence-electron chi connectivity index (χ2n) is 4.04. The van der Waals surface area contributed by atoms with E-state index in [-0.39, 0.29) is 12.3 Å². The molecule has 0 saturated carbocycles. The van der Waals surface area contributed by atoms with E-state index in [1.165, 1.54) is 6.92 Å². The van der Waals surface area contributed by atoms with Gasteiger partial charge >= 0.3 is 11.9 Å². The lowest BCUT2D eigenvalue weighted by Crippen LogP contribution is -2.39.